The number of carbonyl (C=O) groups excluding carboxylic acids is 2. The summed E-state index contributed by atoms with van der Waals surface area (Å²) in [5.74, 6) is -1.98. The average molecular weight is 492 g/mol. The first-order valence-electron chi connectivity index (χ1n) is 10.6. The van der Waals surface area contributed by atoms with E-state index >= 15 is 0 Å². The maximum atomic E-state index is 14.6. The number of pyridine rings is 1. The van der Waals surface area contributed by atoms with Crippen LogP contribution in [-0.2, 0) is 9.59 Å². The number of hydrogen-bond donors (Lipinski definition) is 3. The third kappa shape index (κ3) is 5.48. The second kappa shape index (κ2) is 10.1. The first-order valence-corrected chi connectivity index (χ1v) is 11.8. The minimum atomic E-state index is -0.740. The van der Waals surface area contributed by atoms with Gasteiger partial charge in [0.25, 0.3) is 5.56 Å². The van der Waals surface area contributed by atoms with Crippen LogP contribution in [0.3, 0.4) is 0 Å². The van der Waals surface area contributed by atoms with Crippen LogP contribution in [-0.4, -0.2) is 39.4 Å². The highest BCUT2D eigenvalue weighted by molar-refractivity contribution is 8.06. The van der Waals surface area contributed by atoms with Gasteiger partial charge in [0, 0.05) is 36.7 Å². The standard InChI is InChI=1S/C23H23ClFN3O4S/c24-20-7-6-19(33-20)23(32)26-12-14-9-13(10-18(14)29)22(31)27-17-5-4-15(11-16(17)25)28-8-2-1-3-21(28)30/h1-5,7-8,11,13-14,18-19,29H,6,9-10,12H2,(H,26,32)(H,27,31)/t13-,14+,18-,19?/m0/s1. The van der Waals surface area contributed by atoms with E-state index in [0.717, 1.165) is 0 Å². The van der Waals surface area contributed by atoms with Crippen LogP contribution in [0.1, 0.15) is 19.3 Å². The first kappa shape index (κ1) is 23.5. The number of thioether (sulfide) groups is 1. The SMILES string of the molecule is O=C(NC[C@H]1C[C@H](C(=O)Nc2ccc(-n3ccccc3=O)cc2F)C[C@@H]1O)C1CC=C(Cl)S1. The minimum absolute atomic E-state index is 0.00149. The van der Waals surface area contributed by atoms with E-state index in [-0.39, 0.29) is 41.3 Å². The summed E-state index contributed by atoms with van der Waals surface area (Å²) in [5, 5.41) is 15.5. The summed E-state index contributed by atoms with van der Waals surface area (Å²) in [4.78, 5) is 36.9. The van der Waals surface area contributed by atoms with Crippen molar-refractivity contribution in [2.45, 2.75) is 30.6 Å². The van der Waals surface area contributed by atoms with Crippen LogP contribution in [0, 0.1) is 17.7 Å². The molecule has 0 spiro atoms. The van der Waals surface area contributed by atoms with Crippen molar-refractivity contribution in [3.63, 3.8) is 0 Å². The molecule has 1 unspecified atom stereocenters. The molecule has 2 aromatic rings. The third-order valence-electron chi connectivity index (χ3n) is 5.92. The Balaban J connectivity index is 1.33. The maximum Gasteiger partial charge on any atom is 0.255 e. The van der Waals surface area contributed by atoms with Crippen molar-refractivity contribution >= 4 is 40.9 Å². The Morgan fingerprint density at radius 1 is 1.21 bits per heavy atom. The van der Waals surface area contributed by atoms with Crippen molar-refractivity contribution in [1.29, 1.82) is 0 Å². The van der Waals surface area contributed by atoms with Gasteiger partial charge in [0.1, 0.15) is 5.82 Å². The number of allylic oxidation sites excluding steroid dienone is 1. The Morgan fingerprint density at radius 2 is 2.03 bits per heavy atom. The number of aliphatic hydroxyl groups excluding tert-OH is 1. The number of benzene rings is 1. The van der Waals surface area contributed by atoms with E-state index in [4.69, 9.17) is 11.6 Å². The molecule has 1 aromatic heterocycles. The lowest BCUT2D eigenvalue weighted by atomic mass is 10.0. The molecule has 2 amide bonds. The summed E-state index contributed by atoms with van der Waals surface area (Å²) in [6.07, 6.45) is 3.77. The molecule has 3 N–H and O–H groups in total. The molecule has 33 heavy (non-hydrogen) atoms. The molecule has 2 heterocycles. The topological polar surface area (TPSA) is 100 Å². The summed E-state index contributed by atoms with van der Waals surface area (Å²) >= 11 is 7.20. The second-order valence-corrected chi connectivity index (χ2v) is 10.0. The van der Waals surface area contributed by atoms with Gasteiger partial charge in [0.15, 0.2) is 0 Å². The predicted octanol–water partition coefficient (Wildman–Crippen LogP) is 3.00. The van der Waals surface area contributed by atoms with Gasteiger partial charge in [-0.3, -0.25) is 19.0 Å². The lowest BCUT2D eigenvalue weighted by Gasteiger charge is -2.17. The molecule has 1 aliphatic carbocycles. The zero-order valence-electron chi connectivity index (χ0n) is 17.5. The van der Waals surface area contributed by atoms with Crippen LogP contribution >= 0.6 is 23.4 Å². The Labute approximate surface area is 199 Å². The zero-order valence-corrected chi connectivity index (χ0v) is 19.1. The van der Waals surface area contributed by atoms with Crippen LogP contribution < -0.4 is 16.2 Å². The molecular weight excluding hydrogens is 469 g/mol. The van der Waals surface area contributed by atoms with Gasteiger partial charge in [0.2, 0.25) is 11.8 Å². The molecule has 0 radical (unpaired) electrons. The van der Waals surface area contributed by atoms with E-state index in [0.29, 0.717) is 22.9 Å². The Kier molecular flexibility index (Phi) is 7.21. The molecule has 2 aliphatic rings. The highest BCUT2D eigenvalue weighted by atomic mass is 35.5. The smallest absolute Gasteiger partial charge is 0.255 e. The predicted molar refractivity (Wildman–Crippen MR) is 126 cm³/mol. The van der Waals surface area contributed by atoms with E-state index in [1.54, 1.807) is 24.3 Å². The highest BCUT2D eigenvalue weighted by Gasteiger charge is 2.37. The molecular formula is C23H23ClFN3O4S. The Morgan fingerprint density at radius 3 is 2.73 bits per heavy atom. The normalized spacial score (nSPS) is 24.4. The molecule has 7 nitrogen and oxygen atoms in total. The summed E-state index contributed by atoms with van der Waals surface area (Å²) < 4.78 is 16.5. The number of nitrogens with one attached hydrogen (secondary N) is 2. The Hall–Kier alpha value is -2.62. The summed E-state index contributed by atoms with van der Waals surface area (Å²) in [6, 6.07) is 8.77. The van der Waals surface area contributed by atoms with Crippen LogP contribution in [0.2, 0.25) is 0 Å². The molecule has 1 fully saturated rings. The molecule has 4 atom stereocenters. The fourth-order valence-corrected chi connectivity index (χ4v) is 5.36. The van der Waals surface area contributed by atoms with Crippen molar-refractivity contribution in [3.8, 4) is 5.69 Å². The van der Waals surface area contributed by atoms with E-state index in [2.05, 4.69) is 10.6 Å². The Bertz CT molecular complexity index is 1150. The number of carbonyl (C=O) groups is 2. The van der Waals surface area contributed by atoms with E-state index in [1.807, 2.05) is 0 Å². The van der Waals surface area contributed by atoms with Crippen LogP contribution in [0.25, 0.3) is 5.69 Å². The van der Waals surface area contributed by atoms with Gasteiger partial charge in [-0.05, 0) is 37.5 Å². The monoisotopic (exact) mass is 491 g/mol. The summed E-state index contributed by atoms with van der Waals surface area (Å²) in [5.41, 5.74) is 0.0550. The van der Waals surface area contributed by atoms with Crippen molar-refractivity contribution in [1.82, 2.24) is 9.88 Å². The van der Waals surface area contributed by atoms with Gasteiger partial charge in [-0.2, -0.15) is 0 Å². The number of rotatable bonds is 6. The number of anilines is 1. The molecule has 1 aliphatic heterocycles. The summed E-state index contributed by atoms with van der Waals surface area (Å²) in [7, 11) is 0. The lowest BCUT2D eigenvalue weighted by Crippen LogP contribution is -2.37. The number of hydrogen-bond acceptors (Lipinski definition) is 5. The maximum absolute atomic E-state index is 14.6. The third-order valence-corrected chi connectivity index (χ3v) is 7.42. The molecule has 10 heteroatoms. The van der Waals surface area contributed by atoms with Crippen LogP contribution in [0.15, 0.2) is 57.8 Å². The lowest BCUT2D eigenvalue weighted by molar-refractivity contribution is -0.121. The summed E-state index contributed by atoms with van der Waals surface area (Å²) in [6.45, 7) is 0.257. The van der Waals surface area contributed by atoms with Gasteiger partial charge in [0.05, 0.1) is 27.1 Å². The van der Waals surface area contributed by atoms with E-state index in [1.165, 1.54) is 40.7 Å². The fraction of sp³-hybridized carbons (Fsp3) is 0.348. The number of amides is 2. The van der Waals surface area contributed by atoms with Gasteiger partial charge >= 0.3 is 0 Å². The van der Waals surface area contributed by atoms with E-state index < -0.39 is 23.7 Å². The number of aliphatic hydroxyl groups is 1. The van der Waals surface area contributed by atoms with Gasteiger partial charge < -0.3 is 15.7 Å². The van der Waals surface area contributed by atoms with Crippen molar-refractivity contribution < 1.29 is 19.1 Å². The number of halogens is 2. The van der Waals surface area contributed by atoms with Crippen molar-refractivity contribution in [2.75, 3.05) is 11.9 Å². The van der Waals surface area contributed by atoms with E-state index in [9.17, 15) is 23.9 Å². The molecule has 4 rings (SSSR count). The molecule has 1 saturated carbocycles. The highest BCUT2D eigenvalue weighted by Crippen LogP contribution is 2.35. The molecule has 174 valence electrons. The second-order valence-electron chi connectivity index (χ2n) is 8.15. The minimum Gasteiger partial charge on any atom is -0.393 e. The molecule has 0 bridgehead atoms. The van der Waals surface area contributed by atoms with Crippen LogP contribution in [0.4, 0.5) is 10.1 Å². The average Bonchev–Trinajstić information content (AvgIpc) is 3.39. The van der Waals surface area contributed by atoms with Gasteiger partial charge in [-0.25, -0.2) is 4.39 Å². The molecule has 1 aromatic carbocycles. The first-order chi connectivity index (χ1) is 15.8. The largest absolute Gasteiger partial charge is 0.393 e. The molecule has 0 saturated heterocycles. The van der Waals surface area contributed by atoms with Gasteiger partial charge in [-0.15, -0.1) is 11.8 Å². The fourth-order valence-electron chi connectivity index (χ4n) is 4.10. The van der Waals surface area contributed by atoms with Crippen LogP contribution in [0.5, 0.6) is 0 Å². The quantitative estimate of drug-likeness (QED) is 0.576. The van der Waals surface area contributed by atoms with Crippen molar-refractivity contribution in [3.05, 3.63) is 69.2 Å². The zero-order chi connectivity index (χ0) is 23.5. The van der Waals surface area contributed by atoms with Crippen molar-refractivity contribution in [2.24, 2.45) is 11.8 Å². The number of nitrogens with zero attached hydrogens (tertiary/aromatic N) is 1. The van der Waals surface area contributed by atoms with Gasteiger partial charge in [-0.1, -0.05) is 23.7 Å². The number of aromatic nitrogens is 1.